The van der Waals surface area contributed by atoms with Gasteiger partial charge >= 0.3 is 0 Å². The number of hydrogen-bond donors (Lipinski definition) is 3. The van der Waals surface area contributed by atoms with Gasteiger partial charge in [-0.05, 0) is 39.8 Å². The minimum absolute atomic E-state index is 0. The Labute approximate surface area is 178 Å². The zero-order valence-electron chi connectivity index (χ0n) is 16.4. The zero-order chi connectivity index (χ0) is 19.4. The summed E-state index contributed by atoms with van der Waals surface area (Å²) in [5.41, 5.74) is 0.162. The summed E-state index contributed by atoms with van der Waals surface area (Å²) in [6, 6.07) is 9.77. The third kappa shape index (κ3) is 7.67. The average Bonchev–Trinajstić information content (AvgIpc) is 2.95. The van der Waals surface area contributed by atoms with Crippen molar-refractivity contribution in [1.82, 2.24) is 15.4 Å². The first kappa shape index (κ1) is 23.7. The van der Waals surface area contributed by atoms with Gasteiger partial charge in [0, 0.05) is 17.5 Å². The lowest BCUT2D eigenvalue weighted by atomic mass is 10.1. The number of furan rings is 1. The molecule has 3 N–H and O–H groups in total. The van der Waals surface area contributed by atoms with E-state index in [9.17, 15) is 8.42 Å². The van der Waals surface area contributed by atoms with Gasteiger partial charge in [-0.1, -0.05) is 18.2 Å². The summed E-state index contributed by atoms with van der Waals surface area (Å²) in [6.45, 7) is 8.54. The number of hydrogen-bond acceptors (Lipinski definition) is 4. The Bertz CT molecular complexity index is 845. The predicted molar refractivity (Wildman–Crippen MR) is 121 cm³/mol. The van der Waals surface area contributed by atoms with Crippen molar-refractivity contribution in [2.75, 3.05) is 19.3 Å². The van der Waals surface area contributed by atoms with Gasteiger partial charge in [0.25, 0.3) is 0 Å². The summed E-state index contributed by atoms with van der Waals surface area (Å²) in [5, 5.41) is 7.52. The molecule has 1 aromatic heterocycles. The molecule has 0 bridgehead atoms. The molecular weight excluding hydrogens is 479 g/mol. The molecule has 9 heteroatoms. The maximum absolute atomic E-state index is 11.5. The number of guanidine groups is 1. The van der Waals surface area contributed by atoms with Crippen molar-refractivity contribution in [1.29, 1.82) is 0 Å². The van der Waals surface area contributed by atoms with E-state index in [1.165, 1.54) is 0 Å². The van der Waals surface area contributed by atoms with Crippen molar-refractivity contribution in [2.45, 2.75) is 39.3 Å². The van der Waals surface area contributed by atoms with Crippen LogP contribution in [-0.4, -0.2) is 39.3 Å². The average molecular weight is 508 g/mol. The van der Waals surface area contributed by atoms with Crippen LogP contribution in [-0.2, 0) is 10.0 Å². The van der Waals surface area contributed by atoms with E-state index in [1.54, 1.807) is 13.8 Å². The van der Waals surface area contributed by atoms with Crippen LogP contribution < -0.4 is 15.4 Å². The molecule has 0 aliphatic carbocycles. The summed E-state index contributed by atoms with van der Waals surface area (Å²) in [5.74, 6) is 1.41. The third-order valence-corrected chi connectivity index (χ3v) is 4.59. The summed E-state index contributed by atoms with van der Waals surface area (Å²) in [7, 11) is -3.30. The van der Waals surface area contributed by atoms with Crippen molar-refractivity contribution in [2.24, 2.45) is 4.99 Å². The van der Waals surface area contributed by atoms with E-state index in [4.69, 9.17) is 4.42 Å². The molecule has 7 nitrogen and oxygen atoms in total. The second kappa shape index (κ2) is 9.74. The highest BCUT2D eigenvalue weighted by Crippen LogP contribution is 2.23. The highest BCUT2D eigenvalue weighted by molar-refractivity contribution is 14.0. The lowest BCUT2D eigenvalue weighted by Gasteiger charge is -2.24. The van der Waals surface area contributed by atoms with Crippen molar-refractivity contribution in [3.05, 3.63) is 36.1 Å². The fourth-order valence-corrected chi connectivity index (χ4v) is 3.69. The van der Waals surface area contributed by atoms with E-state index in [0.29, 0.717) is 19.0 Å². The number of rotatable bonds is 7. The van der Waals surface area contributed by atoms with Gasteiger partial charge in [-0.3, -0.25) is 4.99 Å². The monoisotopic (exact) mass is 508 g/mol. The first-order valence-corrected chi connectivity index (χ1v) is 10.5. The van der Waals surface area contributed by atoms with Crippen LogP contribution >= 0.6 is 24.0 Å². The first-order chi connectivity index (χ1) is 12.1. The van der Waals surface area contributed by atoms with E-state index >= 15 is 0 Å². The second-order valence-electron chi connectivity index (χ2n) is 7.01. The van der Waals surface area contributed by atoms with Gasteiger partial charge in [0.1, 0.15) is 11.3 Å². The van der Waals surface area contributed by atoms with E-state index in [1.807, 2.05) is 44.2 Å². The largest absolute Gasteiger partial charge is 0.459 e. The van der Waals surface area contributed by atoms with Crippen LogP contribution in [0.25, 0.3) is 11.0 Å². The van der Waals surface area contributed by atoms with E-state index in [2.05, 4.69) is 20.3 Å². The standard InChI is InChI=1S/C18H28N4O3S.HI/c1-6-19-17(20-12-18(3,4)22-26(5,23)24)21-13(2)16-11-14-9-7-8-10-15(14)25-16;/h7-11,13,22H,6,12H2,1-5H3,(H2,19,20,21);1H. The van der Waals surface area contributed by atoms with Crippen LogP contribution in [0.2, 0.25) is 0 Å². The van der Waals surface area contributed by atoms with Crippen LogP contribution in [0.3, 0.4) is 0 Å². The number of benzene rings is 1. The highest BCUT2D eigenvalue weighted by Gasteiger charge is 2.22. The molecule has 0 saturated heterocycles. The SMILES string of the molecule is CCNC(=NCC(C)(C)NS(C)(=O)=O)NC(C)c1cc2ccccc2o1.I. The number of para-hydroxylation sites is 1. The molecular formula is C18H29IN4O3S. The Morgan fingerprint density at radius 1 is 1.30 bits per heavy atom. The zero-order valence-corrected chi connectivity index (χ0v) is 19.5. The van der Waals surface area contributed by atoms with Crippen molar-refractivity contribution in [3.63, 3.8) is 0 Å². The van der Waals surface area contributed by atoms with Crippen molar-refractivity contribution < 1.29 is 12.8 Å². The molecule has 0 radical (unpaired) electrons. The third-order valence-electron chi connectivity index (χ3n) is 3.66. The number of nitrogens with zero attached hydrogens (tertiary/aromatic N) is 1. The van der Waals surface area contributed by atoms with Gasteiger partial charge < -0.3 is 15.1 Å². The van der Waals surface area contributed by atoms with Crippen molar-refractivity contribution in [3.8, 4) is 0 Å². The van der Waals surface area contributed by atoms with E-state index in [0.717, 1.165) is 23.0 Å². The fourth-order valence-electron chi connectivity index (χ4n) is 2.62. The molecule has 1 heterocycles. The molecule has 0 saturated carbocycles. The van der Waals surface area contributed by atoms with Crippen LogP contribution in [0.1, 0.15) is 39.5 Å². The number of sulfonamides is 1. The van der Waals surface area contributed by atoms with Gasteiger partial charge in [0.15, 0.2) is 5.96 Å². The van der Waals surface area contributed by atoms with Gasteiger partial charge in [-0.15, -0.1) is 24.0 Å². The van der Waals surface area contributed by atoms with Crippen LogP contribution in [0.5, 0.6) is 0 Å². The molecule has 27 heavy (non-hydrogen) atoms. The molecule has 1 unspecified atom stereocenters. The van der Waals surface area contributed by atoms with Gasteiger partial charge in [0.05, 0.1) is 18.8 Å². The Morgan fingerprint density at radius 2 is 1.96 bits per heavy atom. The summed E-state index contributed by atoms with van der Waals surface area (Å²) in [4.78, 5) is 4.51. The van der Waals surface area contributed by atoms with Gasteiger partial charge in [0.2, 0.25) is 10.0 Å². The minimum atomic E-state index is -3.30. The second-order valence-corrected chi connectivity index (χ2v) is 8.75. The minimum Gasteiger partial charge on any atom is -0.459 e. The van der Waals surface area contributed by atoms with Crippen molar-refractivity contribution >= 4 is 50.9 Å². The Hall–Kier alpha value is -1.33. The lowest BCUT2D eigenvalue weighted by Crippen LogP contribution is -2.47. The molecule has 1 aromatic carbocycles. The molecule has 0 aliphatic heterocycles. The summed E-state index contributed by atoms with van der Waals surface area (Å²) in [6.07, 6.45) is 1.14. The van der Waals surface area contributed by atoms with Gasteiger partial charge in [-0.25, -0.2) is 13.1 Å². The first-order valence-electron chi connectivity index (χ1n) is 8.62. The van der Waals surface area contributed by atoms with E-state index < -0.39 is 15.6 Å². The highest BCUT2D eigenvalue weighted by atomic mass is 127. The topological polar surface area (TPSA) is 95.7 Å². The summed E-state index contributed by atoms with van der Waals surface area (Å²) >= 11 is 0. The number of fused-ring (bicyclic) bond motifs is 1. The molecule has 0 spiro atoms. The van der Waals surface area contributed by atoms with Crippen LogP contribution in [0.15, 0.2) is 39.7 Å². The maximum atomic E-state index is 11.5. The molecule has 0 aliphatic rings. The fraction of sp³-hybridized carbons (Fsp3) is 0.500. The molecule has 152 valence electrons. The van der Waals surface area contributed by atoms with Crippen LogP contribution in [0.4, 0.5) is 0 Å². The molecule has 2 aromatic rings. The smallest absolute Gasteiger partial charge is 0.209 e. The normalized spacial score (nSPS) is 13.9. The predicted octanol–water partition coefficient (Wildman–Crippen LogP) is 2.99. The quantitative estimate of drug-likeness (QED) is 0.304. The number of halogens is 1. The molecule has 1 atom stereocenters. The Balaban J connectivity index is 0.00000364. The maximum Gasteiger partial charge on any atom is 0.209 e. The lowest BCUT2D eigenvalue weighted by molar-refractivity contribution is 0.461. The molecule has 0 fully saturated rings. The molecule has 2 rings (SSSR count). The number of aliphatic imine (C=N–C) groups is 1. The summed E-state index contributed by atoms with van der Waals surface area (Å²) < 4.78 is 31.4. The Morgan fingerprint density at radius 3 is 2.56 bits per heavy atom. The molecule has 0 amide bonds. The number of nitrogens with one attached hydrogen (secondary N) is 3. The Kier molecular flexibility index (Phi) is 8.55. The van der Waals surface area contributed by atoms with Crippen LogP contribution in [0, 0.1) is 0 Å². The van der Waals surface area contributed by atoms with E-state index in [-0.39, 0.29) is 30.0 Å². The van der Waals surface area contributed by atoms with Gasteiger partial charge in [-0.2, -0.15) is 0 Å².